The lowest BCUT2D eigenvalue weighted by Gasteiger charge is -2.19. The molecule has 0 saturated carbocycles. The van der Waals surface area contributed by atoms with Crippen LogP contribution in [0.25, 0.3) is 97.9 Å². The van der Waals surface area contributed by atoms with E-state index < -0.39 is 0 Å². The Kier molecular flexibility index (Phi) is 4.92. The third kappa shape index (κ3) is 3.12. The van der Waals surface area contributed by atoms with Gasteiger partial charge in [-0.05, 0) is 36.4 Å². The van der Waals surface area contributed by atoms with Crippen LogP contribution in [0.2, 0.25) is 0 Å². The Morgan fingerprint density at radius 2 is 0.878 bits per heavy atom. The van der Waals surface area contributed by atoms with Gasteiger partial charge in [-0.2, -0.15) is 5.26 Å². The molecule has 11 rings (SSSR count). The fourth-order valence-electron chi connectivity index (χ4n) is 8.56. The van der Waals surface area contributed by atoms with Crippen molar-refractivity contribution in [3.05, 3.63) is 157 Å². The van der Waals surface area contributed by atoms with Gasteiger partial charge in [0.2, 0.25) is 0 Å². The van der Waals surface area contributed by atoms with Crippen molar-refractivity contribution >= 4 is 87.4 Å². The van der Waals surface area contributed by atoms with Crippen LogP contribution in [0.4, 0.5) is 5.69 Å². The van der Waals surface area contributed by atoms with Crippen LogP contribution < -0.4 is 0 Å². The molecule has 5 nitrogen and oxygen atoms in total. The number of benzene rings is 7. The van der Waals surface area contributed by atoms with Crippen molar-refractivity contribution in [2.24, 2.45) is 0 Å². The molecule has 5 heteroatoms. The van der Waals surface area contributed by atoms with Gasteiger partial charge in [-0.1, -0.05) is 103 Å². The second kappa shape index (κ2) is 9.26. The standard InChI is InChI=1S/C44H23N5/c1-46-26-22-23-32-39(24-26)49-38-21-11-6-16-31(38)40-42(47-34-17-7-2-12-27(34)28-13-3-8-18-35(28)47)33(25-45)43(41(32)44(40)49)48-36-19-9-4-14-29(36)30-15-5-10-20-37(30)48/h2-24H. The molecule has 0 radical (unpaired) electrons. The largest absolute Gasteiger partial charge is 0.309 e. The van der Waals surface area contributed by atoms with Crippen LogP contribution in [0.3, 0.4) is 0 Å². The van der Waals surface area contributed by atoms with Gasteiger partial charge in [-0.3, -0.25) is 0 Å². The van der Waals surface area contributed by atoms with Crippen molar-refractivity contribution in [1.82, 2.24) is 13.5 Å². The number of aromatic nitrogens is 3. The highest BCUT2D eigenvalue weighted by Crippen LogP contribution is 2.50. The SMILES string of the molecule is [C-]#[N+]c1ccc2c3c(-n4c5ccccc5c5ccccc54)c(C#N)c(-n4c5ccccc5c5ccccc54)c4c5ccccc5n(c2c1)c43. The second-order valence-electron chi connectivity index (χ2n) is 12.7. The molecule has 4 heterocycles. The van der Waals surface area contributed by atoms with Gasteiger partial charge in [0.1, 0.15) is 11.6 Å². The number of hydrogen-bond donors (Lipinski definition) is 0. The maximum atomic E-state index is 11.6. The minimum Gasteiger partial charge on any atom is -0.309 e. The fraction of sp³-hybridized carbons (Fsp3) is 0. The molecule has 0 unspecified atom stereocenters. The highest BCUT2D eigenvalue weighted by Gasteiger charge is 2.31. The van der Waals surface area contributed by atoms with Crippen molar-refractivity contribution in [3.63, 3.8) is 0 Å². The molecule has 0 spiro atoms. The van der Waals surface area contributed by atoms with E-state index in [2.05, 4.69) is 152 Å². The van der Waals surface area contributed by atoms with Crippen molar-refractivity contribution in [3.8, 4) is 17.4 Å². The van der Waals surface area contributed by atoms with E-state index >= 15 is 0 Å². The summed E-state index contributed by atoms with van der Waals surface area (Å²) in [4.78, 5) is 3.83. The first-order chi connectivity index (χ1) is 24.3. The molecule has 0 aliphatic heterocycles. The molecule has 0 aliphatic rings. The van der Waals surface area contributed by atoms with E-state index in [0.717, 1.165) is 93.1 Å². The van der Waals surface area contributed by atoms with Crippen LogP contribution in [0.15, 0.2) is 140 Å². The molecular weight excluding hydrogens is 599 g/mol. The lowest BCUT2D eigenvalue weighted by Crippen LogP contribution is -2.06. The molecule has 0 amide bonds. The summed E-state index contributed by atoms with van der Waals surface area (Å²) in [6.07, 6.45) is 0. The number of para-hydroxylation sites is 5. The smallest absolute Gasteiger partial charge is 0.189 e. The maximum Gasteiger partial charge on any atom is 0.189 e. The summed E-state index contributed by atoms with van der Waals surface area (Å²) in [5.74, 6) is 0. The van der Waals surface area contributed by atoms with Crippen molar-refractivity contribution in [2.45, 2.75) is 0 Å². The molecule has 0 saturated heterocycles. The summed E-state index contributed by atoms with van der Waals surface area (Å²) >= 11 is 0. The molecule has 7 aromatic carbocycles. The van der Waals surface area contributed by atoms with Gasteiger partial charge in [0.25, 0.3) is 0 Å². The molecular formula is C44H23N5. The molecule has 0 fully saturated rings. The van der Waals surface area contributed by atoms with E-state index in [4.69, 9.17) is 6.57 Å². The molecule has 49 heavy (non-hydrogen) atoms. The number of rotatable bonds is 2. The van der Waals surface area contributed by atoms with Crippen molar-refractivity contribution in [2.75, 3.05) is 0 Å². The Balaban J connectivity index is 1.51. The monoisotopic (exact) mass is 621 g/mol. The van der Waals surface area contributed by atoms with E-state index in [1.54, 1.807) is 0 Å². The van der Waals surface area contributed by atoms with Gasteiger partial charge < -0.3 is 13.5 Å². The van der Waals surface area contributed by atoms with Gasteiger partial charge >= 0.3 is 0 Å². The summed E-state index contributed by atoms with van der Waals surface area (Å²) in [7, 11) is 0. The second-order valence-corrected chi connectivity index (χ2v) is 12.7. The Hall–Kier alpha value is -7.08. The number of fused-ring (bicyclic) bond motifs is 12. The minimum atomic E-state index is 0.582. The van der Waals surface area contributed by atoms with E-state index in [9.17, 15) is 5.26 Å². The zero-order chi connectivity index (χ0) is 32.4. The Morgan fingerprint density at radius 1 is 0.469 bits per heavy atom. The number of nitrogens with zero attached hydrogens (tertiary/aromatic N) is 5. The van der Waals surface area contributed by atoms with Crippen LogP contribution in [-0.2, 0) is 0 Å². The zero-order valence-corrected chi connectivity index (χ0v) is 26.0. The van der Waals surface area contributed by atoms with Crippen LogP contribution in [0, 0.1) is 17.9 Å². The Labute approximate surface area is 279 Å². The van der Waals surface area contributed by atoms with Crippen LogP contribution in [0.5, 0.6) is 0 Å². The summed E-state index contributed by atoms with van der Waals surface area (Å²) in [5.41, 5.74) is 10.1. The van der Waals surface area contributed by atoms with E-state index in [1.807, 2.05) is 12.1 Å². The third-order valence-electron chi connectivity index (χ3n) is 10.4. The molecule has 0 atom stereocenters. The zero-order valence-electron chi connectivity index (χ0n) is 26.0. The van der Waals surface area contributed by atoms with Gasteiger partial charge in [0, 0.05) is 48.6 Å². The first kappa shape index (κ1) is 26.0. The predicted molar refractivity (Wildman–Crippen MR) is 201 cm³/mol. The average molecular weight is 622 g/mol. The first-order valence-corrected chi connectivity index (χ1v) is 16.3. The summed E-state index contributed by atoms with van der Waals surface area (Å²) in [6, 6.07) is 51.1. The highest BCUT2D eigenvalue weighted by atomic mass is 15.0. The minimum absolute atomic E-state index is 0.582. The molecule has 224 valence electrons. The summed E-state index contributed by atoms with van der Waals surface area (Å²) < 4.78 is 6.93. The van der Waals surface area contributed by atoms with E-state index in [0.29, 0.717) is 11.3 Å². The Bertz CT molecular complexity index is 3190. The molecule has 0 bridgehead atoms. The van der Waals surface area contributed by atoms with Crippen LogP contribution >= 0.6 is 0 Å². The van der Waals surface area contributed by atoms with Gasteiger partial charge in [0.05, 0.1) is 51.0 Å². The first-order valence-electron chi connectivity index (χ1n) is 16.3. The maximum absolute atomic E-state index is 11.6. The molecule has 11 aromatic rings. The van der Waals surface area contributed by atoms with Gasteiger partial charge in [-0.15, -0.1) is 0 Å². The third-order valence-corrected chi connectivity index (χ3v) is 10.4. The van der Waals surface area contributed by atoms with Crippen molar-refractivity contribution < 1.29 is 0 Å². The predicted octanol–water partition coefficient (Wildman–Crippen LogP) is 11.5. The molecule has 0 N–H and O–H groups in total. The van der Waals surface area contributed by atoms with E-state index in [1.165, 1.54) is 0 Å². The van der Waals surface area contributed by atoms with Crippen molar-refractivity contribution in [1.29, 1.82) is 5.26 Å². The highest BCUT2D eigenvalue weighted by molar-refractivity contribution is 6.30. The van der Waals surface area contributed by atoms with E-state index in [-0.39, 0.29) is 0 Å². The summed E-state index contributed by atoms with van der Waals surface area (Å²) in [5, 5.41) is 20.3. The lowest BCUT2D eigenvalue weighted by molar-refractivity contribution is 1.14. The van der Waals surface area contributed by atoms with Gasteiger partial charge in [-0.25, -0.2) is 4.85 Å². The normalized spacial score (nSPS) is 12.0. The topological polar surface area (TPSA) is 42.4 Å². The summed E-state index contributed by atoms with van der Waals surface area (Å²) in [6.45, 7) is 7.89. The van der Waals surface area contributed by atoms with Crippen LogP contribution in [0.1, 0.15) is 5.56 Å². The average Bonchev–Trinajstić information content (AvgIpc) is 3.88. The number of nitriles is 1. The van der Waals surface area contributed by atoms with Crippen LogP contribution in [-0.4, -0.2) is 13.5 Å². The number of hydrogen-bond acceptors (Lipinski definition) is 1. The lowest BCUT2D eigenvalue weighted by atomic mass is 9.98. The molecule has 0 aliphatic carbocycles. The quantitative estimate of drug-likeness (QED) is 0.177. The van der Waals surface area contributed by atoms with Gasteiger partial charge in [0.15, 0.2) is 5.69 Å². The molecule has 4 aromatic heterocycles. The Morgan fingerprint density at radius 3 is 1.33 bits per heavy atom. The fourth-order valence-corrected chi connectivity index (χ4v) is 8.56.